The zero-order valence-electron chi connectivity index (χ0n) is 8.10. The fourth-order valence-corrected chi connectivity index (χ4v) is 0.773. The zero-order valence-corrected chi connectivity index (χ0v) is 8.10. The van der Waals surface area contributed by atoms with Gasteiger partial charge in [-0.2, -0.15) is 0 Å². The monoisotopic (exact) mass is 157 g/mol. The summed E-state index contributed by atoms with van der Waals surface area (Å²) in [5.74, 6) is 1.22. The van der Waals surface area contributed by atoms with Crippen molar-refractivity contribution in [1.82, 2.24) is 0 Å². The molecule has 0 saturated heterocycles. The molecule has 0 spiro atoms. The van der Waals surface area contributed by atoms with Crippen LogP contribution in [0.5, 0.6) is 0 Å². The maximum atomic E-state index is 5.41. The SMILES string of the molecule is [CH2]C(C)COCCC(C)CC. The molecule has 0 saturated carbocycles. The van der Waals surface area contributed by atoms with Gasteiger partial charge in [0, 0.05) is 13.2 Å². The van der Waals surface area contributed by atoms with Crippen LogP contribution < -0.4 is 0 Å². The van der Waals surface area contributed by atoms with Crippen molar-refractivity contribution in [3.8, 4) is 0 Å². The Morgan fingerprint density at radius 1 is 1.36 bits per heavy atom. The number of hydrogen-bond acceptors (Lipinski definition) is 1. The van der Waals surface area contributed by atoms with Crippen LogP contribution in [0.15, 0.2) is 0 Å². The van der Waals surface area contributed by atoms with Crippen LogP contribution >= 0.6 is 0 Å². The number of rotatable bonds is 6. The van der Waals surface area contributed by atoms with Gasteiger partial charge in [0.05, 0.1) is 0 Å². The minimum Gasteiger partial charge on any atom is -0.381 e. The lowest BCUT2D eigenvalue weighted by Gasteiger charge is -2.09. The lowest BCUT2D eigenvalue weighted by atomic mass is 10.1. The Bertz CT molecular complexity index is 78.9. The van der Waals surface area contributed by atoms with Crippen molar-refractivity contribution >= 4 is 0 Å². The highest BCUT2D eigenvalue weighted by Crippen LogP contribution is 2.06. The van der Waals surface area contributed by atoms with E-state index in [9.17, 15) is 0 Å². The van der Waals surface area contributed by atoms with Gasteiger partial charge in [0.2, 0.25) is 0 Å². The van der Waals surface area contributed by atoms with E-state index < -0.39 is 0 Å². The first-order valence-corrected chi connectivity index (χ1v) is 4.57. The second-order valence-corrected chi connectivity index (χ2v) is 3.48. The normalized spacial score (nSPS) is 13.9. The van der Waals surface area contributed by atoms with E-state index >= 15 is 0 Å². The summed E-state index contributed by atoms with van der Waals surface area (Å²) in [6.07, 6.45) is 2.44. The molecular formula is C10H21O. The van der Waals surface area contributed by atoms with Crippen molar-refractivity contribution in [2.45, 2.75) is 33.6 Å². The molecule has 1 heteroatoms. The summed E-state index contributed by atoms with van der Waals surface area (Å²) in [6, 6.07) is 0. The van der Waals surface area contributed by atoms with Crippen LogP contribution in [0.25, 0.3) is 0 Å². The second kappa shape index (κ2) is 6.66. The fourth-order valence-electron chi connectivity index (χ4n) is 0.773. The molecule has 1 nitrogen and oxygen atoms in total. The minimum atomic E-state index is 0.423. The van der Waals surface area contributed by atoms with E-state index in [1.807, 2.05) is 0 Å². The molecule has 11 heavy (non-hydrogen) atoms. The van der Waals surface area contributed by atoms with Gasteiger partial charge in [-0.05, 0) is 25.2 Å². The van der Waals surface area contributed by atoms with E-state index in [-0.39, 0.29) is 0 Å². The molecule has 0 aliphatic heterocycles. The Balaban J connectivity index is 3.01. The van der Waals surface area contributed by atoms with Gasteiger partial charge >= 0.3 is 0 Å². The van der Waals surface area contributed by atoms with E-state index in [1.165, 1.54) is 12.8 Å². The number of ether oxygens (including phenoxy) is 1. The van der Waals surface area contributed by atoms with Crippen LogP contribution in [0.2, 0.25) is 0 Å². The van der Waals surface area contributed by atoms with Gasteiger partial charge in [0.25, 0.3) is 0 Å². The first-order chi connectivity index (χ1) is 5.16. The third-order valence-electron chi connectivity index (χ3n) is 1.85. The molecule has 0 fully saturated rings. The predicted molar refractivity (Wildman–Crippen MR) is 49.4 cm³/mol. The largest absolute Gasteiger partial charge is 0.381 e. The molecule has 0 aromatic rings. The molecule has 0 N–H and O–H groups in total. The van der Waals surface area contributed by atoms with Crippen LogP contribution in [0, 0.1) is 18.8 Å². The average Bonchev–Trinajstić information content (AvgIpc) is 1.97. The Morgan fingerprint density at radius 2 is 2.00 bits per heavy atom. The minimum absolute atomic E-state index is 0.423. The van der Waals surface area contributed by atoms with Gasteiger partial charge < -0.3 is 4.74 Å². The molecule has 0 heterocycles. The molecule has 0 amide bonds. The van der Waals surface area contributed by atoms with Crippen LogP contribution in [0.4, 0.5) is 0 Å². The maximum Gasteiger partial charge on any atom is 0.0491 e. The fraction of sp³-hybridized carbons (Fsp3) is 0.900. The first-order valence-electron chi connectivity index (χ1n) is 4.57. The van der Waals surface area contributed by atoms with Gasteiger partial charge in [0.1, 0.15) is 0 Å². The van der Waals surface area contributed by atoms with Gasteiger partial charge in [-0.25, -0.2) is 0 Å². The third kappa shape index (κ3) is 7.86. The first kappa shape index (κ1) is 11.0. The van der Waals surface area contributed by atoms with Crippen LogP contribution in [-0.4, -0.2) is 13.2 Å². The van der Waals surface area contributed by atoms with E-state index in [2.05, 4.69) is 27.7 Å². The van der Waals surface area contributed by atoms with Crippen LogP contribution in [0.3, 0.4) is 0 Å². The molecule has 67 valence electrons. The predicted octanol–water partition coefficient (Wildman–Crippen LogP) is 2.91. The van der Waals surface area contributed by atoms with Gasteiger partial charge in [-0.15, -0.1) is 0 Å². The standard InChI is InChI=1S/C10H21O/c1-5-10(4)6-7-11-8-9(2)3/h9-10H,2,5-8H2,1,3-4H3. The Hall–Kier alpha value is -0.0400. The summed E-state index contributed by atoms with van der Waals surface area (Å²) in [5, 5.41) is 0. The number of hydrogen-bond donors (Lipinski definition) is 0. The van der Waals surface area contributed by atoms with Crippen LogP contribution in [-0.2, 0) is 4.74 Å². The lowest BCUT2D eigenvalue weighted by Crippen LogP contribution is -2.06. The van der Waals surface area contributed by atoms with Crippen LogP contribution in [0.1, 0.15) is 33.6 Å². The topological polar surface area (TPSA) is 9.23 Å². The quantitative estimate of drug-likeness (QED) is 0.539. The van der Waals surface area contributed by atoms with E-state index in [1.54, 1.807) is 0 Å². The highest BCUT2D eigenvalue weighted by atomic mass is 16.5. The average molecular weight is 157 g/mol. The van der Waals surface area contributed by atoms with Crippen molar-refractivity contribution in [2.24, 2.45) is 11.8 Å². The van der Waals surface area contributed by atoms with E-state index in [0.717, 1.165) is 19.1 Å². The maximum absolute atomic E-state index is 5.41. The van der Waals surface area contributed by atoms with Gasteiger partial charge in [-0.3, -0.25) is 0 Å². The highest BCUT2D eigenvalue weighted by Gasteiger charge is 1.98. The Labute approximate surface area is 71.1 Å². The zero-order chi connectivity index (χ0) is 8.69. The molecule has 0 bridgehead atoms. The van der Waals surface area contributed by atoms with E-state index in [4.69, 9.17) is 4.74 Å². The molecule has 1 radical (unpaired) electrons. The summed E-state index contributed by atoms with van der Waals surface area (Å²) in [6.45, 7) is 12.1. The van der Waals surface area contributed by atoms with Crippen molar-refractivity contribution in [1.29, 1.82) is 0 Å². The summed E-state index contributed by atoms with van der Waals surface area (Å²) in [4.78, 5) is 0. The second-order valence-electron chi connectivity index (χ2n) is 3.48. The van der Waals surface area contributed by atoms with Crippen molar-refractivity contribution in [3.63, 3.8) is 0 Å². The molecule has 0 aliphatic rings. The highest BCUT2D eigenvalue weighted by molar-refractivity contribution is 4.52. The Kier molecular flexibility index (Phi) is 6.63. The molecule has 2 unspecified atom stereocenters. The summed E-state index contributed by atoms with van der Waals surface area (Å²) < 4.78 is 5.41. The van der Waals surface area contributed by atoms with Gasteiger partial charge in [0.15, 0.2) is 0 Å². The summed E-state index contributed by atoms with van der Waals surface area (Å²) in [7, 11) is 0. The Morgan fingerprint density at radius 3 is 2.45 bits per heavy atom. The summed E-state index contributed by atoms with van der Waals surface area (Å²) >= 11 is 0. The lowest BCUT2D eigenvalue weighted by molar-refractivity contribution is 0.105. The molecular weight excluding hydrogens is 136 g/mol. The third-order valence-corrected chi connectivity index (χ3v) is 1.85. The molecule has 0 aliphatic carbocycles. The van der Waals surface area contributed by atoms with Crippen molar-refractivity contribution in [2.75, 3.05) is 13.2 Å². The smallest absolute Gasteiger partial charge is 0.0491 e. The molecule has 2 atom stereocenters. The van der Waals surface area contributed by atoms with Crippen molar-refractivity contribution < 1.29 is 4.74 Å². The summed E-state index contributed by atoms with van der Waals surface area (Å²) in [5.41, 5.74) is 0. The molecule has 0 aromatic heterocycles. The molecule has 0 rings (SSSR count). The van der Waals surface area contributed by atoms with Gasteiger partial charge in [-0.1, -0.05) is 27.2 Å². The van der Waals surface area contributed by atoms with E-state index in [0.29, 0.717) is 5.92 Å². The molecule has 0 aromatic carbocycles. The van der Waals surface area contributed by atoms with Crippen molar-refractivity contribution in [3.05, 3.63) is 6.92 Å².